The molecule has 106 valence electrons. The second-order valence-corrected chi connectivity index (χ2v) is 4.10. The van der Waals surface area contributed by atoms with Gasteiger partial charge < -0.3 is 5.11 Å². The summed E-state index contributed by atoms with van der Waals surface area (Å²) < 4.78 is 39.0. The number of aryl methyl sites for hydroxylation is 1. The van der Waals surface area contributed by atoms with Crippen molar-refractivity contribution in [3.63, 3.8) is 0 Å². The zero-order valence-electron chi connectivity index (χ0n) is 10.1. The number of aromatic nitrogens is 3. The van der Waals surface area contributed by atoms with Crippen LogP contribution in [0.25, 0.3) is 5.69 Å². The molecule has 0 spiro atoms. The van der Waals surface area contributed by atoms with E-state index in [2.05, 4.69) is 10.3 Å². The van der Waals surface area contributed by atoms with Gasteiger partial charge in [0.1, 0.15) is 0 Å². The first kappa shape index (κ1) is 14.0. The minimum atomic E-state index is -4.43. The van der Waals surface area contributed by atoms with E-state index >= 15 is 0 Å². The molecule has 0 aliphatic rings. The van der Waals surface area contributed by atoms with Gasteiger partial charge in [0, 0.05) is 6.42 Å². The molecule has 1 aromatic heterocycles. The van der Waals surface area contributed by atoms with Crippen molar-refractivity contribution in [1.82, 2.24) is 15.0 Å². The SMILES string of the molecule is O=C(O)CCc1cn(-c2cccc(C(F)(F)F)c2)nn1. The van der Waals surface area contributed by atoms with Crippen molar-refractivity contribution in [1.29, 1.82) is 0 Å². The van der Waals surface area contributed by atoms with E-state index in [9.17, 15) is 18.0 Å². The van der Waals surface area contributed by atoms with Crippen LogP contribution in [0.15, 0.2) is 30.5 Å². The third-order valence-electron chi connectivity index (χ3n) is 2.57. The van der Waals surface area contributed by atoms with Gasteiger partial charge in [-0.15, -0.1) is 5.10 Å². The molecule has 1 aromatic carbocycles. The molecule has 8 heteroatoms. The molecule has 0 aliphatic heterocycles. The standard InChI is InChI=1S/C12H10F3N3O2/c13-12(14,15)8-2-1-3-10(6-8)18-7-9(16-17-18)4-5-11(19)20/h1-3,6-7H,4-5H2,(H,19,20). The minimum Gasteiger partial charge on any atom is -0.481 e. The third kappa shape index (κ3) is 3.34. The molecule has 1 heterocycles. The molecule has 0 unspecified atom stereocenters. The molecule has 0 saturated carbocycles. The molecular formula is C12H10F3N3O2. The summed E-state index contributed by atoms with van der Waals surface area (Å²) in [5.74, 6) is -0.974. The number of hydrogen-bond donors (Lipinski definition) is 1. The number of carboxylic acid groups (broad SMARTS) is 1. The predicted molar refractivity (Wildman–Crippen MR) is 62.3 cm³/mol. The van der Waals surface area contributed by atoms with Crippen LogP contribution in [0.5, 0.6) is 0 Å². The zero-order chi connectivity index (χ0) is 14.8. The average Bonchev–Trinajstić information content (AvgIpc) is 2.84. The molecule has 2 rings (SSSR count). The number of halogens is 3. The minimum absolute atomic E-state index is 0.110. The summed E-state index contributed by atoms with van der Waals surface area (Å²) >= 11 is 0. The number of hydrogen-bond acceptors (Lipinski definition) is 3. The highest BCUT2D eigenvalue weighted by molar-refractivity contribution is 5.66. The van der Waals surface area contributed by atoms with E-state index in [1.54, 1.807) is 0 Å². The maximum atomic E-state index is 12.6. The molecule has 0 radical (unpaired) electrons. The topological polar surface area (TPSA) is 68.0 Å². The van der Waals surface area contributed by atoms with Crippen molar-refractivity contribution < 1.29 is 23.1 Å². The van der Waals surface area contributed by atoms with Crippen molar-refractivity contribution in [3.05, 3.63) is 41.7 Å². The summed E-state index contributed by atoms with van der Waals surface area (Å²) in [6.07, 6.45) is -2.95. The van der Waals surface area contributed by atoms with Crippen LogP contribution in [-0.4, -0.2) is 26.1 Å². The van der Waals surface area contributed by atoms with Gasteiger partial charge in [-0.1, -0.05) is 11.3 Å². The van der Waals surface area contributed by atoms with Gasteiger partial charge in [0.15, 0.2) is 0 Å². The summed E-state index contributed by atoms with van der Waals surface area (Å²) in [6.45, 7) is 0. The molecule has 5 nitrogen and oxygen atoms in total. The van der Waals surface area contributed by atoms with Crippen molar-refractivity contribution in [2.75, 3.05) is 0 Å². The first-order chi connectivity index (χ1) is 9.36. The Morgan fingerprint density at radius 2 is 2.10 bits per heavy atom. The number of carbonyl (C=O) groups is 1. The number of benzene rings is 1. The van der Waals surface area contributed by atoms with E-state index in [-0.39, 0.29) is 18.5 Å². The van der Waals surface area contributed by atoms with E-state index in [0.717, 1.165) is 12.1 Å². The highest BCUT2D eigenvalue weighted by Gasteiger charge is 2.30. The Labute approximate surface area is 111 Å². The van der Waals surface area contributed by atoms with Crippen LogP contribution < -0.4 is 0 Å². The third-order valence-corrected chi connectivity index (χ3v) is 2.57. The Bertz CT molecular complexity index is 622. The highest BCUT2D eigenvalue weighted by atomic mass is 19.4. The highest BCUT2D eigenvalue weighted by Crippen LogP contribution is 2.30. The quantitative estimate of drug-likeness (QED) is 0.936. The summed E-state index contributed by atoms with van der Waals surface area (Å²) in [7, 11) is 0. The predicted octanol–water partition coefficient (Wildman–Crippen LogP) is 2.30. The number of carboxylic acids is 1. The van der Waals surface area contributed by atoms with Gasteiger partial charge in [-0.3, -0.25) is 4.79 Å². The van der Waals surface area contributed by atoms with Gasteiger partial charge in [-0.25, -0.2) is 4.68 Å². The molecule has 2 aromatic rings. The van der Waals surface area contributed by atoms with E-state index in [0.29, 0.717) is 5.69 Å². The molecule has 0 amide bonds. The van der Waals surface area contributed by atoms with E-state index in [4.69, 9.17) is 5.11 Å². The lowest BCUT2D eigenvalue weighted by Gasteiger charge is -2.07. The Morgan fingerprint density at radius 1 is 1.35 bits per heavy atom. The maximum Gasteiger partial charge on any atom is 0.416 e. The first-order valence-electron chi connectivity index (χ1n) is 5.67. The molecule has 0 bridgehead atoms. The van der Waals surface area contributed by atoms with Gasteiger partial charge in [0.25, 0.3) is 0 Å². The van der Waals surface area contributed by atoms with Crippen molar-refractivity contribution in [2.45, 2.75) is 19.0 Å². The fraction of sp³-hybridized carbons (Fsp3) is 0.250. The van der Waals surface area contributed by atoms with Gasteiger partial charge >= 0.3 is 12.1 Å². The lowest BCUT2D eigenvalue weighted by molar-refractivity contribution is -0.138. The van der Waals surface area contributed by atoms with E-state index in [1.165, 1.54) is 23.0 Å². The van der Waals surface area contributed by atoms with Crippen molar-refractivity contribution in [2.24, 2.45) is 0 Å². The average molecular weight is 285 g/mol. The number of rotatable bonds is 4. The smallest absolute Gasteiger partial charge is 0.416 e. The Morgan fingerprint density at radius 3 is 2.75 bits per heavy atom. The van der Waals surface area contributed by atoms with Crippen molar-refractivity contribution >= 4 is 5.97 Å². The second kappa shape index (κ2) is 5.32. The van der Waals surface area contributed by atoms with Gasteiger partial charge in [-0.2, -0.15) is 13.2 Å². The van der Waals surface area contributed by atoms with Crippen LogP contribution in [0.4, 0.5) is 13.2 Å². The number of nitrogens with zero attached hydrogens (tertiary/aromatic N) is 3. The molecular weight excluding hydrogens is 275 g/mol. The summed E-state index contributed by atoms with van der Waals surface area (Å²) in [4.78, 5) is 10.4. The zero-order valence-corrected chi connectivity index (χ0v) is 10.1. The largest absolute Gasteiger partial charge is 0.481 e. The van der Waals surface area contributed by atoms with Crippen LogP contribution in [0, 0.1) is 0 Å². The summed E-state index contributed by atoms with van der Waals surface area (Å²) in [5.41, 5.74) is -0.156. The van der Waals surface area contributed by atoms with Crippen LogP contribution in [-0.2, 0) is 17.4 Å². The molecule has 0 aliphatic carbocycles. The normalized spacial score (nSPS) is 11.6. The fourth-order valence-corrected chi connectivity index (χ4v) is 1.60. The monoisotopic (exact) mass is 285 g/mol. The number of alkyl halides is 3. The lowest BCUT2D eigenvalue weighted by Crippen LogP contribution is -2.06. The van der Waals surface area contributed by atoms with Crippen LogP contribution >= 0.6 is 0 Å². The summed E-state index contributed by atoms with van der Waals surface area (Å²) in [6, 6.07) is 4.66. The van der Waals surface area contributed by atoms with Gasteiger partial charge in [0.05, 0.1) is 29.6 Å². The second-order valence-electron chi connectivity index (χ2n) is 4.10. The Kier molecular flexibility index (Phi) is 3.73. The van der Waals surface area contributed by atoms with E-state index in [1.807, 2.05) is 0 Å². The molecule has 0 saturated heterocycles. The Balaban J connectivity index is 2.22. The number of aliphatic carboxylic acids is 1. The first-order valence-corrected chi connectivity index (χ1v) is 5.67. The van der Waals surface area contributed by atoms with Crippen LogP contribution in [0.2, 0.25) is 0 Å². The molecule has 20 heavy (non-hydrogen) atoms. The van der Waals surface area contributed by atoms with Crippen molar-refractivity contribution in [3.8, 4) is 5.69 Å². The van der Waals surface area contributed by atoms with Gasteiger partial charge in [0.2, 0.25) is 0 Å². The molecule has 0 atom stereocenters. The lowest BCUT2D eigenvalue weighted by atomic mass is 10.2. The molecule has 1 N–H and O–H groups in total. The van der Waals surface area contributed by atoms with Crippen LogP contribution in [0.1, 0.15) is 17.7 Å². The maximum absolute atomic E-state index is 12.6. The Hall–Kier alpha value is -2.38. The summed E-state index contributed by atoms with van der Waals surface area (Å²) in [5, 5.41) is 16.0. The van der Waals surface area contributed by atoms with Gasteiger partial charge in [-0.05, 0) is 18.2 Å². The fourth-order valence-electron chi connectivity index (χ4n) is 1.60. The van der Waals surface area contributed by atoms with Crippen LogP contribution in [0.3, 0.4) is 0 Å². The van der Waals surface area contributed by atoms with E-state index < -0.39 is 17.7 Å². The molecule has 0 fully saturated rings.